The Hall–Kier alpha value is -3.93. The lowest BCUT2D eigenvalue weighted by molar-refractivity contribution is -0.119. The summed E-state index contributed by atoms with van der Waals surface area (Å²) in [5.74, 6) is -0.222. The van der Waals surface area contributed by atoms with Gasteiger partial charge in [-0.05, 0) is 61.4 Å². The minimum Gasteiger partial charge on any atom is -0.326 e. The Bertz CT molecular complexity index is 1190. The molecule has 1 heterocycles. The lowest BCUT2D eigenvalue weighted by Gasteiger charge is -2.43. The molecule has 0 spiro atoms. The summed E-state index contributed by atoms with van der Waals surface area (Å²) in [6.07, 6.45) is 1.01. The monoisotopic (exact) mass is 455 g/mol. The number of rotatable bonds is 5. The van der Waals surface area contributed by atoms with E-state index in [4.69, 9.17) is 0 Å². The molecule has 0 saturated heterocycles. The summed E-state index contributed by atoms with van der Waals surface area (Å²) in [6.45, 7) is 5.34. The molecule has 2 atom stereocenters. The molecule has 0 aliphatic carbocycles. The topological polar surface area (TPSA) is 69.7 Å². The van der Waals surface area contributed by atoms with E-state index in [-0.39, 0.29) is 29.8 Å². The van der Waals surface area contributed by atoms with Crippen LogP contribution in [0.3, 0.4) is 0 Å². The quantitative estimate of drug-likeness (QED) is 0.547. The van der Waals surface area contributed by atoms with Gasteiger partial charge in [-0.3, -0.25) is 14.4 Å². The predicted molar refractivity (Wildman–Crippen MR) is 135 cm³/mol. The zero-order valence-electron chi connectivity index (χ0n) is 19.7. The molecule has 3 amide bonds. The van der Waals surface area contributed by atoms with Crippen molar-refractivity contribution in [3.8, 4) is 0 Å². The third kappa shape index (κ3) is 4.57. The predicted octanol–water partition coefficient (Wildman–Crippen LogP) is 5.57. The Morgan fingerprint density at radius 2 is 1.59 bits per heavy atom. The van der Waals surface area contributed by atoms with E-state index in [2.05, 4.69) is 5.32 Å². The molecule has 0 bridgehead atoms. The number of fused-ring (bicyclic) bond motifs is 1. The van der Waals surface area contributed by atoms with Crippen LogP contribution in [-0.2, 0) is 9.59 Å². The first kappa shape index (κ1) is 23.2. The van der Waals surface area contributed by atoms with Crippen LogP contribution in [0.25, 0.3) is 0 Å². The highest BCUT2D eigenvalue weighted by Crippen LogP contribution is 2.42. The Labute approximate surface area is 200 Å². The molecule has 3 aromatic carbocycles. The molecule has 6 heteroatoms. The molecule has 1 aliphatic heterocycles. The highest BCUT2D eigenvalue weighted by Gasteiger charge is 2.38. The van der Waals surface area contributed by atoms with Crippen molar-refractivity contribution in [1.82, 2.24) is 0 Å². The first-order chi connectivity index (χ1) is 16.4. The number of para-hydroxylation sites is 2. The van der Waals surface area contributed by atoms with Gasteiger partial charge in [-0.25, -0.2) is 0 Å². The lowest BCUT2D eigenvalue weighted by Crippen LogP contribution is -2.47. The van der Waals surface area contributed by atoms with E-state index < -0.39 is 0 Å². The molecular weight excluding hydrogens is 426 g/mol. The second-order valence-electron chi connectivity index (χ2n) is 8.55. The van der Waals surface area contributed by atoms with Gasteiger partial charge in [0, 0.05) is 42.0 Å². The zero-order chi connectivity index (χ0) is 24.2. The molecule has 0 aromatic heterocycles. The average molecular weight is 456 g/mol. The standard InChI is InChI=1S/C28H29N3O3/c1-4-27(33)31(23-10-6-5-7-11-23)26-18-19(2)30(25-13-9-8-12-24(25)26)28(34)21-14-16-22(17-15-21)29-20(3)32/h5-17,19,26H,4,18H2,1-3H3,(H,29,32)/t19?,26-/m0/s1. The van der Waals surface area contributed by atoms with Gasteiger partial charge in [0.1, 0.15) is 0 Å². The molecular formula is C28H29N3O3. The number of anilines is 3. The van der Waals surface area contributed by atoms with E-state index in [1.165, 1.54) is 6.92 Å². The van der Waals surface area contributed by atoms with Crippen molar-refractivity contribution < 1.29 is 14.4 Å². The average Bonchev–Trinajstić information content (AvgIpc) is 2.84. The largest absolute Gasteiger partial charge is 0.326 e. The van der Waals surface area contributed by atoms with Gasteiger partial charge in [-0.15, -0.1) is 0 Å². The Balaban J connectivity index is 1.72. The van der Waals surface area contributed by atoms with Crippen molar-refractivity contribution in [3.63, 3.8) is 0 Å². The van der Waals surface area contributed by atoms with Crippen LogP contribution >= 0.6 is 0 Å². The van der Waals surface area contributed by atoms with Crippen LogP contribution in [0.15, 0.2) is 78.9 Å². The van der Waals surface area contributed by atoms with Crippen molar-refractivity contribution in [2.75, 3.05) is 15.1 Å². The number of nitrogens with zero attached hydrogens (tertiary/aromatic N) is 2. The van der Waals surface area contributed by atoms with Crippen LogP contribution in [0, 0.1) is 0 Å². The number of nitrogens with one attached hydrogen (secondary N) is 1. The number of hydrogen-bond acceptors (Lipinski definition) is 3. The number of carbonyl (C=O) groups excluding carboxylic acids is 3. The first-order valence-electron chi connectivity index (χ1n) is 11.6. The lowest BCUT2D eigenvalue weighted by atomic mass is 9.89. The van der Waals surface area contributed by atoms with E-state index in [1.54, 1.807) is 24.3 Å². The molecule has 4 rings (SSSR count). The number of hydrogen-bond donors (Lipinski definition) is 1. The van der Waals surface area contributed by atoms with Gasteiger partial charge in [0.2, 0.25) is 11.8 Å². The highest BCUT2D eigenvalue weighted by atomic mass is 16.2. The van der Waals surface area contributed by atoms with Crippen molar-refractivity contribution in [2.24, 2.45) is 0 Å². The maximum absolute atomic E-state index is 13.6. The van der Waals surface area contributed by atoms with Crippen LogP contribution in [-0.4, -0.2) is 23.8 Å². The molecule has 1 aliphatic rings. The second-order valence-corrected chi connectivity index (χ2v) is 8.55. The van der Waals surface area contributed by atoms with Gasteiger partial charge >= 0.3 is 0 Å². The summed E-state index contributed by atoms with van der Waals surface area (Å²) in [7, 11) is 0. The van der Waals surface area contributed by atoms with Crippen molar-refractivity contribution in [1.29, 1.82) is 0 Å². The number of benzene rings is 3. The summed E-state index contributed by atoms with van der Waals surface area (Å²) in [4.78, 5) is 41.7. The summed E-state index contributed by atoms with van der Waals surface area (Å²) >= 11 is 0. The minimum absolute atomic E-state index is 0.0477. The van der Waals surface area contributed by atoms with Gasteiger partial charge in [-0.2, -0.15) is 0 Å². The molecule has 6 nitrogen and oxygen atoms in total. The third-order valence-electron chi connectivity index (χ3n) is 6.15. The normalized spacial score (nSPS) is 17.0. The van der Waals surface area contributed by atoms with Crippen LogP contribution in [0.5, 0.6) is 0 Å². The number of carbonyl (C=O) groups is 3. The molecule has 3 aromatic rings. The molecule has 34 heavy (non-hydrogen) atoms. The molecule has 0 radical (unpaired) electrons. The molecule has 0 saturated carbocycles. The van der Waals surface area contributed by atoms with Crippen LogP contribution < -0.4 is 15.1 Å². The fraction of sp³-hybridized carbons (Fsp3) is 0.250. The van der Waals surface area contributed by atoms with Gasteiger partial charge in [0.05, 0.1) is 6.04 Å². The van der Waals surface area contributed by atoms with E-state index >= 15 is 0 Å². The molecule has 1 N–H and O–H groups in total. The zero-order valence-corrected chi connectivity index (χ0v) is 19.7. The third-order valence-corrected chi connectivity index (χ3v) is 6.15. The Morgan fingerprint density at radius 3 is 2.24 bits per heavy atom. The second kappa shape index (κ2) is 9.91. The molecule has 174 valence electrons. The van der Waals surface area contributed by atoms with Crippen molar-refractivity contribution in [3.05, 3.63) is 90.0 Å². The molecule has 1 unspecified atom stereocenters. The van der Waals surface area contributed by atoms with Crippen LogP contribution in [0.1, 0.15) is 55.6 Å². The maximum Gasteiger partial charge on any atom is 0.258 e. The fourth-order valence-corrected chi connectivity index (χ4v) is 4.63. The summed E-state index contributed by atoms with van der Waals surface area (Å²) in [6, 6.07) is 24.2. The smallest absolute Gasteiger partial charge is 0.258 e. The first-order valence-corrected chi connectivity index (χ1v) is 11.6. The Morgan fingerprint density at radius 1 is 0.941 bits per heavy atom. The van der Waals surface area contributed by atoms with Gasteiger partial charge in [-0.1, -0.05) is 43.3 Å². The summed E-state index contributed by atoms with van der Waals surface area (Å²) in [5.41, 5.74) is 3.81. The van der Waals surface area contributed by atoms with Crippen LogP contribution in [0.4, 0.5) is 17.1 Å². The summed E-state index contributed by atoms with van der Waals surface area (Å²) < 4.78 is 0. The van der Waals surface area contributed by atoms with E-state index in [9.17, 15) is 14.4 Å². The SMILES string of the molecule is CCC(=O)N(c1ccccc1)[C@H]1CC(C)N(C(=O)c2ccc(NC(C)=O)cc2)c2ccccc21. The highest BCUT2D eigenvalue weighted by molar-refractivity contribution is 6.08. The maximum atomic E-state index is 13.6. The number of amides is 3. The Kier molecular flexibility index (Phi) is 6.77. The van der Waals surface area contributed by atoms with Gasteiger partial charge < -0.3 is 15.1 Å². The van der Waals surface area contributed by atoms with Crippen LogP contribution in [0.2, 0.25) is 0 Å². The fourth-order valence-electron chi connectivity index (χ4n) is 4.63. The molecule has 0 fully saturated rings. The van der Waals surface area contributed by atoms with Gasteiger partial charge in [0.15, 0.2) is 0 Å². The summed E-state index contributed by atoms with van der Waals surface area (Å²) in [5, 5.41) is 2.72. The van der Waals surface area contributed by atoms with Gasteiger partial charge in [0.25, 0.3) is 5.91 Å². The minimum atomic E-state index is -0.174. The van der Waals surface area contributed by atoms with E-state index in [1.807, 2.05) is 78.2 Å². The van der Waals surface area contributed by atoms with Crippen molar-refractivity contribution in [2.45, 2.75) is 45.7 Å². The van der Waals surface area contributed by atoms with Crippen molar-refractivity contribution >= 4 is 34.8 Å². The van der Waals surface area contributed by atoms with E-state index in [0.29, 0.717) is 24.1 Å². The van der Waals surface area contributed by atoms with E-state index in [0.717, 1.165) is 16.9 Å².